The average molecular weight is 275 g/mol. The van der Waals surface area contributed by atoms with Gasteiger partial charge in [0.05, 0.1) is 6.54 Å². The lowest BCUT2D eigenvalue weighted by molar-refractivity contribution is -0.131. The molecule has 0 bridgehead atoms. The van der Waals surface area contributed by atoms with Crippen LogP contribution in [0.25, 0.3) is 6.08 Å². The number of carbonyl (C=O) groups is 1. The lowest BCUT2D eigenvalue weighted by atomic mass is 10.2. The van der Waals surface area contributed by atoms with E-state index in [4.69, 9.17) is 5.11 Å². The molecule has 98 valence electrons. The molecule has 0 fully saturated rings. The van der Waals surface area contributed by atoms with Crippen LogP contribution in [0, 0.1) is 6.92 Å². The van der Waals surface area contributed by atoms with Crippen molar-refractivity contribution >= 4 is 23.4 Å². The van der Waals surface area contributed by atoms with Crippen molar-refractivity contribution in [1.82, 2.24) is 4.57 Å². The molecular weight excluding hydrogens is 262 g/mol. The minimum absolute atomic E-state index is 0.00136. The fraction of sp³-hybridized carbons (Fsp3) is 0.143. The average Bonchev–Trinajstić information content (AvgIpc) is 2.80. The minimum atomic E-state index is -0.970. The zero-order valence-electron chi connectivity index (χ0n) is 10.4. The summed E-state index contributed by atoms with van der Waals surface area (Å²) in [5, 5.41) is 10.4. The van der Waals surface area contributed by atoms with Gasteiger partial charge in [0.15, 0.2) is 0 Å². The van der Waals surface area contributed by atoms with Gasteiger partial charge in [-0.2, -0.15) is 0 Å². The standard InChI is InChI=1S/C14H13NO3S/c1-10-3-2-6-15(14(10)18)8-12-7-11(9-19-12)4-5-13(16)17/h2-7,9H,8H2,1H3,(H,16,17). The van der Waals surface area contributed by atoms with Crippen LogP contribution in [-0.4, -0.2) is 15.6 Å². The van der Waals surface area contributed by atoms with Crippen LogP contribution in [0.1, 0.15) is 16.0 Å². The van der Waals surface area contributed by atoms with Gasteiger partial charge in [0.1, 0.15) is 0 Å². The van der Waals surface area contributed by atoms with E-state index in [9.17, 15) is 9.59 Å². The number of thiophene rings is 1. The highest BCUT2D eigenvalue weighted by atomic mass is 32.1. The summed E-state index contributed by atoms with van der Waals surface area (Å²) >= 11 is 1.51. The fourth-order valence-corrected chi connectivity index (χ4v) is 2.54. The van der Waals surface area contributed by atoms with E-state index in [1.54, 1.807) is 29.8 Å². The van der Waals surface area contributed by atoms with Gasteiger partial charge in [-0.3, -0.25) is 4.79 Å². The van der Waals surface area contributed by atoms with Crippen LogP contribution in [0.15, 0.2) is 40.6 Å². The molecule has 2 aromatic heterocycles. The molecule has 0 aromatic carbocycles. The van der Waals surface area contributed by atoms with Crippen LogP contribution in [0.5, 0.6) is 0 Å². The summed E-state index contributed by atoms with van der Waals surface area (Å²) in [5.41, 5.74) is 1.55. The smallest absolute Gasteiger partial charge is 0.328 e. The Balaban J connectivity index is 2.18. The van der Waals surface area contributed by atoms with Crippen molar-refractivity contribution in [1.29, 1.82) is 0 Å². The molecule has 0 aliphatic heterocycles. The Hall–Kier alpha value is -2.14. The van der Waals surface area contributed by atoms with Crippen LogP contribution >= 0.6 is 11.3 Å². The number of carboxylic acids is 1. The van der Waals surface area contributed by atoms with Gasteiger partial charge in [-0.15, -0.1) is 11.3 Å². The number of aryl methyl sites for hydroxylation is 1. The van der Waals surface area contributed by atoms with Gasteiger partial charge in [-0.1, -0.05) is 6.07 Å². The Morgan fingerprint density at radius 1 is 1.53 bits per heavy atom. The van der Waals surface area contributed by atoms with E-state index in [0.717, 1.165) is 16.5 Å². The Kier molecular flexibility index (Phi) is 3.97. The lowest BCUT2D eigenvalue weighted by Crippen LogP contribution is -2.21. The fourth-order valence-electron chi connectivity index (χ4n) is 1.68. The van der Waals surface area contributed by atoms with Gasteiger partial charge in [0, 0.05) is 22.7 Å². The van der Waals surface area contributed by atoms with Crippen molar-refractivity contribution in [3.63, 3.8) is 0 Å². The Labute approximate surface area is 114 Å². The van der Waals surface area contributed by atoms with Crippen LogP contribution in [0.2, 0.25) is 0 Å². The first-order valence-corrected chi connectivity index (χ1v) is 6.58. The largest absolute Gasteiger partial charge is 0.478 e. The van der Waals surface area contributed by atoms with Crippen LogP contribution in [0.4, 0.5) is 0 Å². The molecule has 0 spiro atoms. The molecule has 0 atom stereocenters. The maximum Gasteiger partial charge on any atom is 0.328 e. The number of aromatic nitrogens is 1. The highest BCUT2D eigenvalue weighted by Crippen LogP contribution is 2.16. The molecule has 0 unspecified atom stereocenters. The van der Waals surface area contributed by atoms with E-state index in [-0.39, 0.29) is 5.56 Å². The van der Waals surface area contributed by atoms with E-state index in [0.29, 0.717) is 12.1 Å². The predicted molar refractivity (Wildman–Crippen MR) is 75.5 cm³/mol. The normalized spacial score (nSPS) is 11.0. The molecule has 0 aliphatic rings. The summed E-state index contributed by atoms with van der Waals surface area (Å²) in [7, 11) is 0. The number of carboxylic acid groups (broad SMARTS) is 1. The Morgan fingerprint density at radius 2 is 2.32 bits per heavy atom. The van der Waals surface area contributed by atoms with Gasteiger partial charge in [-0.05, 0) is 36.1 Å². The van der Waals surface area contributed by atoms with Crippen molar-refractivity contribution in [2.24, 2.45) is 0 Å². The number of rotatable bonds is 4. The lowest BCUT2D eigenvalue weighted by Gasteiger charge is -2.03. The van der Waals surface area contributed by atoms with Crippen LogP contribution in [0.3, 0.4) is 0 Å². The van der Waals surface area contributed by atoms with Crippen molar-refractivity contribution in [3.05, 3.63) is 62.2 Å². The summed E-state index contributed by atoms with van der Waals surface area (Å²) in [6.07, 6.45) is 4.40. The summed E-state index contributed by atoms with van der Waals surface area (Å²) in [5.74, 6) is -0.970. The Bertz CT molecular complexity index is 682. The summed E-state index contributed by atoms with van der Waals surface area (Å²) in [6, 6.07) is 5.52. The molecule has 19 heavy (non-hydrogen) atoms. The van der Waals surface area contributed by atoms with Crippen molar-refractivity contribution in [2.75, 3.05) is 0 Å². The highest BCUT2D eigenvalue weighted by molar-refractivity contribution is 7.10. The molecule has 0 saturated heterocycles. The molecule has 0 saturated carbocycles. The molecule has 0 amide bonds. The molecule has 0 aliphatic carbocycles. The first-order chi connectivity index (χ1) is 9.06. The maximum atomic E-state index is 11.9. The number of aliphatic carboxylic acids is 1. The SMILES string of the molecule is Cc1cccn(Cc2cc(C=CC(=O)O)cs2)c1=O. The van der Waals surface area contributed by atoms with Crippen LogP contribution < -0.4 is 5.56 Å². The van der Waals surface area contributed by atoms with Gasteiger partial charge in [0.2, 0.25) is 0 Å². The summed E-state index contributed by atoms with van der Waals surface area (Å²) < 4.78 is 1.64. The quantitative estimate of drug-likeness (QED) is 0.871. The molecule has 2 heterocycles. The second kappa shape index (κ2) is 5.67. The summed E-state index contributed by atoms with van der Waals surface area (Å²) in [6.45, 7) is 2.29. The van der Waals surface area contributed by atoms with E-state index in [1.807, 2.05) is 17.5 Å². The van der Waals surface area contributed by atoms with Gasteiger partial charge in [-0.25, -0.2) is 4.79 Å². The monoisotopic (exact) mass is 275 g/mol. The molecule has 2 rings (SSSR count). The topological polar surface area (TPSA) is 59.3 Å². The third-order valence-corrected chi connectivity index (χ3v) is 3.57. The first-order valence-electron chi connectivity index (χ1n) is 5.71. The Morgan fingerprint density at radius 3 is 3.05 bits per heavy atom. The van der Waals surface area contributed by atoms with E-state index in [2.05, 4.69) is 0 Å². The predicted octanol–water partition coefficient (Wildman–Crippen LogP) is 2.36. The molecule has 5 heteroatoms. The van der Waals surface area contributed by atoms with E-state index >= 15 is 0 Å². The first kappa shape index (κ1) is 13.3. The third kappa shape index (κ3) is 3.42. The van der Waals surface area contributed by atoms with Gasteiger partial charge in [0.25, 0.3) is 5.56 Å². The van der Waals surface area contributed by atoms with Crippen LogP contribution in [-0.2, 0) is 11.3 Å². The minimum Gasteiger partial charge on any atom is -0.478 e. The zero-order chi connectivity index (χ0) is 13.8. The van der Waals surface area contributed by atoms with E-state index in [1.165, 1.54) is 11.3 Å². The van der Waals surface area contributed by atoms with Crippen molar-refractivity contribution in [3.8, 4) is 0 Å². The van der Waals surface area contributed by atoms with Gasteiger partial charge >= 0.3 is 5.97 Å². The molecular formula is C14H13NO3S. The van der Waals surface area contributed by atoms with Gasteiger partial charge < -0.3 is 9.67 Å². The molecule has 2 aromatic rings. The number of hydrogen-bond acceptors (Lipinski definition) is 3. The maximum absolute atomic E-state index is 11.9. The molecule has 0 radical (unpaired) electrons. The van der Waals surface area contributed by atoms with E-state index < -0.39 is 5.97 Å². The van der Waals surface area contributed by atoms with Crippen molar-refractivity contribution < 1.29 is 9.90 Å². The number of nitrogens with zero attached hydrogens (tertiary/aromatic N) is 1. The van der Waals surface area contributed by atoms with Crippen molar-refractivity contribution in [2.45, 2.75) is 13.5 Å². The number of hydrogen-bond donors (Lipinski definition) is 1. The molecule has 4 nitrogen and oxygen atoms in total. The number of pyridine rings is 1. The zero-order valence-corrected chi connectivity index (χ0v) is 11.2. The second-order valence-electron chi connectivity index (χ2n) is 4.14. The molecule has 1 N–H and O–H groups in total. The summed E-state index contributed by atoms with van der Waals surface area (Å²) in [4.78, 5) is 23.3. The third-order valence-electron chi connectivity index (χ3n) is 2.63. The highest BCUT2D eigenvalue weighted by Gasteiger charge is 2.02. The second-order valence-corrected chi connectivity index (χ2v) is 5.14.